The van der Waals surface area contributed by atoms with Crippen LogP contribution in [0.4, 0.5) is 20.2 Å². The zero-order valence-corrected chi connectivity index (χ0v) is 18.0. The third kappa shape index (κ3) is 4.08. The molecule has 5 aromatic rings. The van der Waals surface area contributed by atoms with E-state index in [-0.39, 0.29) is 22.8 Å². The summed E-state index contributed by atoms with van der Waals surface area (Å²) in [7, 11) is 0. The number of aromatic amines is 1. The van der Waals surface area contributed by atoms with Crippen molar-refractivity contribution in [3.8, 4) is 17.1 Å². The second-order valence-corrected chi connectivity index (χ2v) is 7.61. The van der Waals surface area contributed by atoms with Gasteiger partial charge in [-0.25, -0.2) is 18.4 Å². The molecule has 2 N–H and O–H groups in total. The van der Waals surface area contributed by atoms with Crippen molar-refractivity contribution in [1.82, 2.24) is 25.0 Å². The lowest BCUT2D eigenvalue weighted by atomic mass is 10.2. The number of carbonyl (C=O) groups excluding carboxylic acids is 1. The van der Waals surface area contributed by atoms with Gasteiger partial charge in [-0.1, -0.05) is 11.3 Å². The molecule has 0 aliphatic carbocycles. The minimum absolute atomic E-state index is 0.0137. The number of nitrogens with one attached hydrogen (secondary N) is 2. The fourth-order valence-electron chi connectivity index (χ4n) is 3.61. The second kappa shape index (κ2) is 8.41. The highest BCUT2D eigenvalue weighted by Crippen LogP contribution is 2.26. The summed E-state index contributed by atoms with van der Waals surface area (Å²) >= 11 is 0. The van der Waals surface area contributed by atoms with Crippen molar-refractivity contribution >= 4 is 28.3 Å². The van der Waals surface area contributed by atoms with Crippen LogP contribution in [0, 0.1) is 28.7 Å². The van der Waals surface area contributed by atoms with Crippen molar-refractivity contribution in [2.75, 3.05) is 5.32 Å². The van der Waals surface area contributed by atoms with Crippen LogP contribution in [0.1, 0.15) is 16.2 Å². The maximum absolute atomic E-state index is 14.1. The average molecular weight is 475 g/mol. The summed E-state index contributed by atoms with van der Waals surface area (Å²) < 4.78 is 29.0. The number of amides is 1. The molecular weight excluding hydrogens is 460 g/mol. The largest absolute Gasteiger partial charge is 0.338 e. The van der Waals surface area contributed by atoms with E-state index in [0.717, 1.165) is 18.2 Å². The van der Waals surface area contributed by atoms with Crippen LogP contribution in [0.5, 0.6) is 0 Å². The number of non-ortho nitro benzene ring substituents is 1. The number of halogens is 2. The third-order valence-electron chi connectivity index (χ3n) is 5.32. The van der Waals surface area contributed by atoms with E-state index in [4.69, 9.17) is 0 Å². The summed E-state index contributed by atoms with van der Waals surface area (Å²) in [5.74, 6) is -1.62. The van der Waals surface area contributed by atoms with E-state index in [1.807, 2.05) is 0 Å². The van der Waals surface area contributed by atoms with Crippen LogP contribution in [0.3, 0.4) is 0 Å². The molecule has 174 valence electrons. The van der Waals surface area contributed by atoms with E-state index < -0.39 is 22.5 Å². The SMILES string of the molecule is Cc1c(C(=O)Nc2ccc3nc(-c4cc(F)ccc4F)[nH]c3c2)nnn1-c1cccc([N+](=O)[O-])c1. The molecule has 35 heavy (non-hydrogen) atoms. The zero-order valence-electron chi connectivity index (χ0n) is 18.0. The molecule has 5 rings (SSSR count). The van der Waals surface area contributed by atoms with E-state index in [2.05, 4.69) is 25.6 Å². The van der Waals surface area contributed by atoms with Gasteiger partial charge in [0.2, 0.25) is 0 Å². The first-order valence-corrected chi connectivity index (χ1v) is 10.2. The van der Waals surface area contributed by atoms with Crippen molar-refractivity contribution in [3.05, 3.63) is 93.8 Å². The van der Waals surface area contributed by atoms with Crippen LogP contribution in [-0.2, 0) is 0 Å². The van der Waals surface area contributed by atoms with Gasteiger partial charge in [0, 0.05) is 17.8 Å². The number of nitro benzene ring substituents is 1. The lowest BCUT2D eigenvalue weighted by molar-refractivity contribution is -0.384. The number of hydrogen-bond acceptors (Lipinski definition) is 6. The summed E-state index contributed by atoms with van der Waals surface area (Å²) in [6.45, 7) is 1.62. The molecule has 0 unspecified atom stereocenters. The fraction of sp³-hybridized carbons (Fsp3) is 0.0435. The topological polar surface area (TPSA) is 132 Å². The van der Waals surface area contributed by atoms with Crippen LogP contribution in [0.2, 0.25) is 0 Å². The smallest absolute Gasteiger partial charge is 0.278 e. The fourth-order valence-corrected chi connectivity index (χ4v) is 3.61. The predicted molar refractivity (Wildman–Crippen MR) is 122 cm³/mol. The Hall–Kier alpha value is -5.00. The summed E-state index contributed by atoms with van der Waals surface area (Å²) in [5, 5.41) is 21.6. The van der Waals surface area contributed by atoms with Crippen molar-refractivity contribution in [2.24, 2.45) is 0 Å². The van der Waals surface area contributed by atoms with Crippen molar-refractivity contribution in [3.63, 3.8) is 0 Å². The number of benzene rings is 3. The molecule has 0 atom stereocenters. The molecule has 0 radical (unpaired) electrons. The van der Waals surface area contributed by atoms with Gasteiger partial charge < -0.3 is 10.3 Å². The Morgan fingerprint density at radius 1 is 1.11 bits per heavy atom. The van der Waals surface area contributed by atoms with Gasteiger partial charge in [0.15, 0.2) is 5.69 Å². The molecule has 0 saturated heterocycles. The molecule has 0 saturated carbocycles. The highest BCUT2D eigenvalue weighted by molar-refractivity contribution is 6.04. The van der Waals surface area contributed by atoms with Crippen LogP contribution in [0.25, 0.3) is 28.1 Å². The highest BCUT2D eigenvalue weighted by atomic mass is 19.1. The van der Waals surface area contributed by atoms with Gasteiger partial charge in [-0.15, -0.1) is 5.10 Å². The van der Waals surface area contributed by atoms with E-state index in [9.17, 15) is 23.7 Å². The predicted octanol–water partition coefficient (Wildman–Crippen LogP) is 4.56. The van der Waals surface area contributed by atoms with Gasteiger partial charge in [-0.05, 0) is 49.4 Å². The first-order valence-electron chi connectivity index (χ1n) is 10.2. The molecular formula is C23H15F2N7O3. The molecule has 3 aromatic carbocycles. The minimum Gasteiger partial charge on any atom is -0.338 e. The number of rotatable bonds is 5. The number of H-pyrrole nitrogens is 1. The van der Waals surface area contributed by atoms with Crippen molar-refractivity contribution in [2.45, 2.75) is 6.92 Å². The number of carbonyl (C=O) groups is 1. The van der Waals surface area contributed by atoms with Crippen LogP contribution >= 0.6 is 0 Å². The first-order chi connectivity index (χ1) is 16.8. The molecule has 0 bridgehead atoms. The normalized spacial score (nSPS) is 11.1. The standard InChI is InChI=1S/C23H15F2N7O3/c1-12-21(29-30-31(12)15-3-2-4-16(11-15)32(34)35)23(33)26-14-6-8-19-20(10-14)28-22(27-19)17-9-13(24)5-7-18(17)25/h2-11H,1H3,(H,26,33)(H,27,28). The number of hydrogen-bond donors (Lipinski definition) is 2. The number of anilines is 1. The number of aromatic nitrogens is 5. The Morgan fingerprint density at radius 2 is 1.94 bits per heavy atom. The Kier molecular flexibility index (Phi) is 5.24. The maximum atomic E-state index is 14.1. The summed E-state index contributed by atoms with van der Waals surface area (Å²) in [5.41, 5.74) is 2.07. The number of fused-ring (bicyclic) bond motifs is 1. The van der Waals surface area contributed by atoms with Gasteiger partial charge in [-0.2, -0.15) is 0 Å². The second-order valence-electron chi connectivity index (χ2n) is 7.61. The summed E-state index contributed by atoms with van der Waals surface area (Å²) in [4.78, 5) is 30.6. The Balaban J connectivity index is 1.41. The van der Waals surface area contributed by atoms with E-state index >= 15 is 0 Å². The number of nitrogens with zero attached hydrogens (tertiary/aromatic N) is 5. The Labute approximate surface area is 195 Å². The molecule has 10 nitrogen and oxygen atoms in total. The lowest BCUT2D eigenvalue weighted by Gasteiger charge is -2.05. The lowest BCUT2D eigenvalue weighted by Crippen LogP contribution is -2.14. The quantitative estimate of drug-likeness (QED) is 0.283. The van der Waals surface area contributed by atoms with Crippen LogP contribution in [-0.4, -0.2) is 35.8 Å². The average Bonchev–Trinajstić information content (AvgIpc) is 3.43. The Morgan fingerprint density at radius 3 is 2.74 bits per heavy atom. The summed E-state index contributed by atoms with van der Waals surface area (Å²) in [6, 6.07) is 13.7. The number of nitro groups is 1. The molecule has 1 amide bonds. The molecule has 0 aliphatic rings. The zero-order chi connectivity index (χ0) is 24.7. The van der Waals surface area contributed by atoms with Crippen molar-refractivity contribution < 1.29 is 18.5 Å². The van der Waals surface area contributed by atoms with Gasteiger partial charge in [0.05, 0.1) is 32.9 Å². The molecule has 12 heteroatoms. The van der Waals surface area contributed by atoms with Gasteiger partial charge in [0.25, 0.3) is 11.6 Å². The van der Waals surface area contributed by atoms with Crippen LogP contribution < -0.4 is 5.32 Å². The maximum Gasteiger partial charge on any atom is 0.278 e. The van der Waals surface area contributed by atoms with Crippen LogP contribution in [0.15, 0.2) is 60.7 Å². The molecule has 0 fully saturated rings. The third-order valence-corrected chi connectivity index (χ3v) is 5.32. The minimum atomic E-state index is -0.624. The molecule has 0 spiro atoms. The van der Waals surface area contributed by atoms with E-state index in [0.29, 0.717) is 28.1 Å². The van der Waals surface area contributed by atoms with Gasteiger partial charge >= 0.3 is 0 Å². The van der Waals surface area contributed by atoms with E-state index in [1.165, 1.54) is 22.9 Å². The highest BCUT2D eigenvalue weighted by Gasteiger charge is 2.19. The molecule has 0 aliphatic heterocycles. The molecule has 2 aromatic heterocycles. The summed E-state index contributed by atoms with van der Waals surface area (Å²) in [6.07, 6.45) is 0. The molecule has 2 heterocycles. The van der Waals surface area contributed by atoms with Gasteiger partial charge in [0.1, 0.15) is 17.5 Å². The first kappa shape index (κ1) is 21.8. The number of imidazole rings is 1. The monoisotopic (exact) mass is 475 g/mol. The van der Waals surface area contributed by atoms with E-state index in [1.54, 1.807) is 31.2 Å². The van der Waals surface area contributed by atoms with Gasteiger partial charge in [-0.3, -0.25) is 14.9 Å². The van der Waals surface area contributed by atoms with Crippen molar-refractivity contribution in [1.29, 1.82) is 0 Å². The Bertz CT molecular complexity index is 1630.